The van der Waals surface area contributed by atoms with Crippen LogP contribution in [0.15, 0.2) is 22.9 Å². The van der Waals surface area contributed by atoms with Gasteiger partial charge in [0.2, 0.25) is 5.88 Å². The Morgan fingerprint density at radius 1 is 1.47 bits per heavy atom. The summed E-state index contributed by atoms with van der Waals surface area (Å²) in [6, 6.07) is 3.86. The highest BCUT2D eigenvalue weighted by Crippen LogP contribution is 2.31. The molecule has 19 heavy (non-hydrogen) atoms. The summed E-state index contributed by atoms with van der Waals surface area (Å²) in [5.74, 6) is 0.668. The summed E-state index contributed by atoms with van der Waals surface area (Å²) in [5, 5.41) is 4.25. The minimum atomic E-state index is 0.652. The van der Waals surface area contributed by atoms with Crippen molar-refractivity contribution in [2.75, 3.05) is 31.4 Å². The molecule has 2 rings (SSSR count). The molecule has 0 radical (unpaired) electrons. The number of aromatic nitrogens is 2. The molecule has 2 aromatic rings. The van der Waals surface area contributed by atoms with Gasteiger partial charge in [-0.3, -0.25) is 0 Å². The maximum absolute atomic E-state index is 5.30. The van der Waals surface area contributed by atoms with Gasteiger partial charge in [-0.25, -0.2) is 4.98 Å². The predicted octanol–water partition coefficient (Wildman–Crippen LogP) is 2.99. The lowest BCUT2D eigenvalue weighted by Gasteiger charge is -2.07. The highest BCUT2D eigenvalue weighted by atomic mass is 79.9. The molecule has 0 aromatic carbocycles. The predicted molar refractivity (Wildman–Crippen MR) is 82.3 cm³/mol. The summed E-state index contributed by atoms with van der Waals surface area (Å²) in [7, 11) is 5.57. The van der Waals surface area contributed by atoms with Crippen LogP contribution < -0.4 is 15.0 Å². The van der Waals surface area contributed by atoms with Gasteiger partial charge >= 0.3 is 0 Å². The Balaban J connectivity index is 2.13. The Kier molecular flexibility index (Phi) is 4.60. The summed E-state index contributed by atoms with van der Waals surface area (Å²) in [6.45, 7) is 0.652. The number of nitrogens with one attached hydrogen (secondary N) is 1. The minimum absolute atomic E-state index is 0.652. The molecule has 0 spiro atoms. The minimum Gasteiger partial charge on any atom is -0.480 e. The molecule has 0 fully saturated rings. The van der Waals surface area contributed by atoms with Gasteiger partial charge in [-0.1, -0.05) is 11.3 Å². The smallest absolute Gasteiger partial charge is 0.231 e. The van der Waals surface area contributed by atoms with Gasteiger partial charge in [0.1, 0.15) is 4.60 Å². The molecule has 0 saturated carbocycles. The Hall–Kier alpha value is -1.34. The van der Waals surface area contributed by atoms with E-state index in [9.17, 15) is 0 Å². The zero-order chi connectivity index (χ0) is 13.8. The van der Waals surface area contributed by atoms with E-state index in [1.54, 1.807) is 24.6 Å². The van der Waals surface area contributed by atoms with E-state index in [1.165, 1.54) is 0 Å². The van der Waals surface area contributed by atoms with Crippen molar-refractivity contribution >= 4 is 38.1 Å². The van der Waals surface area contributed by atoms with E-state index in [0.29, 0.717) is 12.4 Å². The molecule has 0 bridgehead atoms. The number of ether oxygens (including phenoxy) is 1. The average molecular weight is 343 g/mol. The average Bonchev–Trinajstić information content (AvgIpc) is 2.81. The Bertz CT molecular complexity index is 558. The van der Waals surface area contributed by atoms with Crippen LogP contribution in [0.1, 0.15) is 4.88 Å². The molecule has 5 nitrogen and oxygen atoms in total. The second-order valence-electron chi connectivity index (χ2n) is 4.02. The fourth-order valence-corrected chi connectivity index (χ4v) is 2.76. The summed E-state index contributed by atoms with van der Waals surface area (Å²) < 4.78 is 6.10. The molecule has 0 aliphatic rings. The van der Waals surface area contributed by atoms with E-state index in [1.807, 2.05) is 31.1 Å². The van der Waals surface area contributed by atoms with Crippen molar-refractivity contribution in [1.29, 1.82) is 0 Å². The van der Waals surface area contributed by atoms with Crippen LogP contribution in [0.2, 0.25) is 0 Å². The van der Waals surface area contributed by atoms with Crippen molar-refractivity contribution in [3.05, 3.63) is 27.8 Å². The van der Waals surface area contributed by atoms with Gasteiger partial charge in [-0.05, 0) is 28.1 Å². The molecule has 2 aromatic heterocycles. The van der Waals surface area contributed by atoms with Crippen LogP contribution in [0.5, 0.6) is 5.88 Å². The maximum Gasteiger partial charge on any atom is 0.231 e. The van der Waals surface area contributed by atoms with Crippen LogP contribution in [0.4, 0.5) is 10.8 Å². The number of rotatable bonds is 5. The number of nitrogens with zero attached hydrogens (tertiary/aromatic N) is 3. The van der Waals surface area contributed by atoms with Crippen molar-refractivity contribution in [2.45, 2.75) is 6.54 Å². The summed E-state index contributed by atoms with van der Waals surface area (Å²) in [6.07, 6.45) is 1.74. The van der Waals surface area contributed by atoms with E-state index in [4.69, 9.17) is 4.74 Å². The Morgan fingerprint density at radius 3 is 2.89 bits per heavy atom. The first-order valence-corrected chi connectivity index (χ1v) is 7.28. The molecule has 2 heterocycles. The van der Waals surface area contributed by atoms with Crippen LogP contribution in [0, 0.1) is 0 Å². The zero-order valence-electron chi connectivity index (χ0n) is 11.0. The fraction of sp³-hybridized carbons (Fsp3) is 0.333. The molecule has 7 heteroatoms. The van der Waals surface area contributed by atoms with Gasteiger partial charge < -0.3 is 15.0 Å². The first-order chi connectivity index (χ1) is 9.11. The van der Waals surface area contributed by atoms with E-state index in [-0.39, 0.29) is 0 Å². The van der Waals surface area contributed by atoms with E-state index < -0.39 is 0 Å². The van der Waals surface area contributed by atoms with Gasteiger partial charge in [0, 0.05) is 20.3 Å². The third-order valence-electron chi connectivity index (χ3n) is 2.42. The largest absolute Gasteiger partial charge is 0.480 e. The molecule has 0 saturated heterocycles. The number of hydrogen-bond donors (Lipinski definition) is 1. The third-order valence-corrected chi connectivity index (χ3v) is 4.26. The van der Waals surface area contributed by atoms with Crippen molar-refractivity contribution in [2.24, 2.45) is 0 Å². The van der Waals surface area contributed by atoms with Crippen molar-refractivity contribution in [1.82, 2.24) is 9.97 Å². The van der Waals surface area contributed by atoms with Gasteiger partial charge in [0.05, 0.1) is 24.2 Å². The second-order valence-corrected chi connectivity index (χ2v) is 5.83. The first-order valence-electron chi connectivity index (χ1n) is 5.67. The van der Waals surface area contributed by atoms with Crippen LogP contribution in [-0.2, 0) is 6.54 Å². The topological polar surface area (TPSA) is 50.3 Å². The summed E-state index contributed by atoms with van der Waals surface area (Å²) >= 11 is 5.02. The number of methoxy groups -OCH3 is 1. The summed E-state index contributed by atoms with van der Waals surface area (Å²) in [4.78, 5) is 11.6. The molecule has 102 valence electrons. The van der Waals surface area contributed by atoms with E-state index >= 15 is 0 Å². The number of hydrogen-bond acceptors (Lipinski definition) is 6. The second kappa shape index (κ2) is 6.21. The number of thiazole rings is 1. The standard InChI is InChI=1S/C12H15BrN4OS/c1-17(2)12-16-11(18-3)9(19-12)7-15-8-5-4-6-14-10(8)13/h4-6,15H,7H2,1-3H3. The molecular weight excluding hydrogens is 328 g/mol. The molecule has 0 atom stereocenters. The van der Waals surface area contributed by atoms with E-state index in [2.05, 4.69) is 31.2 Å². The lowest BCUT2D eigenvalue weighted by Crippen LogP contribution is -2.07. The SMILES string of the molecule is COc1nc(N(C)C)sc1CNc1cccnc1Br. The van der Waals surface area contributed by atoms with Crippen LogP contribution >= 0.6 is 27.3 Å². The van der Waals surface area contributed by atoms with Gasteiger partial charge in [-0.2, -0.15) is 4.98 Å². The molecule has 1 N–H and O–H groups in total. The maximum atomic E-state index is 5.30. The molecule has 0 unspecified atom stereocenters. The van der Waals surface area contributed by atoms with Crippen molar-refractivity contribution < 1.29 is 4.74 Å². The Labute approximate surface area is 124 Å². The molecule has 0 aliphatic heterocycles. The van der Waals surface area contributed by atoms with Gasteiger partial charge in [-0.15, -0.1) is 0 Å². The highest BCUT2D eigenvalue weighted by Gasteiger charge is 2.13. The number of anilines is 2. The fourth-order valence-electron chi connectivity index (χ4n) is 1.48. The summed E-state index contributed by atoms with van der Waals surface area (Å²) in [5.41, 5.74) is 0.948. The highest BCUT2D eigenvalue weighted by molar-refractivity contribution is 9.10. The normalized spacial score (nSPS) is 10.3. The van der Waals surface area contributed by atoms with Gasteiger partial charge in [0.15, 0.2) is 5.13 Å². The number of pyridine rings is 1. The third kappa shape index (κ3) is 3.36. The first kappa shape index (κ1) is 14.1. The zero-order valence-corrected chi connectivity index (χ0v) is 13.4. The quantitative estimate of drug-likeness (QED) is 0.846. The monoisotopic (exact) mass is 342 g/mol. The van der Waals surface area contributed by atoms with Crippen LogP contribution in [0.3, 0.4) is 0 Å². The lowest BCUT2D eigenvalue weighted by molar-refractivity contribution is 0.397. The van der Waals surface area contributed by atoms with Crippen LogP contribution in [0.25, 0.3) is 0 Å². The molecular formula is C12H15BrN4OS. The van der Waals surface area contributed by atoms with Gasteiger partial charge in [0.25, 0.3) is 0 Å². The van der Waals surface area contributed by atoms with Crippen molar-refractivity contribution in [3.8, 4) is 5.88 Å². The Morgan fingerprint density at radius 2 is 2.26 bits per heavy atom. The molecule has 0 aliphatic carbocycles. The number of halogens is 1. The van der Waals surface area contributed by atoms with E-state index in [0.717, 1.165) is 20.3 Å². The lowest BCUT2D eigenvalue weighted by atomic mass is 10.4. The van der Waals surface area contributed by atoms with Crippen LogP contribution in [-0.4, -0.2) is 31.2 Å². The molecule has 0 amide bonds. The van der Waals surface area contributed by atoms with Crippen molar-refractivity contribution in [3.63, 3.8) is 0 Å².